The second-order valence-corrected chi connectivity index (χ2v) is 4.79. The average Bonchev–Trinajstić information content (AvgIpc) is 2.42. The molecule has 0 saturated carbocycles. The van der Waals surface area contributed by atoms with Gasteiger partial charge in [-0.25, -0.2) is 0 Å². The van der Waals surface area contributed by atoms with E-state index in [2.05, 4.69) is 24.4 Å². The number of aryl methyl sites for hydroxylation is 1. The minimum absolute atomic E-state index is 0.551. The van der Waals surface area contributed by atoms with Crippen molar-refractivity contribution >= 4 is 17.3 Å². The van der Waals surface area contributed by atoms with Crippen LogP contribution in [0.3, 0.4) is 0 Å². The van der Waals surface area contributed by atoms with Crippen molar-refractivity contribution in [1.82, 2.24) is 0 Å². The van der Waals surface area contributed by atoms with E-state index < -0.39 is 0 Å². The highest BCUT2D eigenvalue weighted by Gasteiger charge is 1.99. The van der Waals surface area contributed by atoms with Crippen LogP contribution < -0.4 is 5.32 Å². The molecule has 100 valence electrons. The molecule has 0 aliphatic carbocycles. The fourth-order valence-corrected chi connectivity index (χ4v) is 2.02. The molecule has 0 unspecified atom stereocenters. The van der Waals surface area contributed by atoms with Crippen molar-refractivity contribution in [3.63, 3.8) is 0 Å². The molecular weight excluding hydrogens is 258 g/mol. The molecule has 2 aromatic rings. The lowest BCUT2D eigenvalue weighted by Gasteiger charge is -2.10. The number of benzene rings is 2. The Morgan fingerprint density at radius 3 is 2.58 bits per heavy atom. The SMILES string of the molecule is Cc1ccccc1NCCOCc1ccccc1Cl. The molecule has 2 nitrogen and oxygen atoms in total. The zero-order valence-corrected chi connectivity index (χ0v) is 11.8. The molecule has 2 aromatic carbocycles. The maximum absolute atomic E-state index is 6.06. The molecule has 0 spiro atoms. The monoisotopic (exact) mass is 275 g/mol. The lowest BCUT2D eigenvalue weighted by atomic mass is 10.2. The topological polar surface area (TPSA) is 21.3 Å². The number of hydrogen-bond donors (Lipinski definition) is 1. The van der Waals surface area contributed by atoms with E-state index in [0.717, 1.165) is 22.8 Å². The number of anilines is 1. The first-order valence-corrected chi connectivity index (χ1v) is 6.76. The van der Waals surface area contributed by atoms with Crippen LogP contribution >= 0.6 is 11.6 Å². The van der Waals surface area contributed by atoms with Crippen LogP contribution in [0.5, 0.6) is 0 Å². The molecule has 0 heterocycles. The van der Waals surface area contributed by atoms with Gasteiger partial charge in [0.2, 0.25) is 0 Å². The van der Waals surface area contributed by atoms with Crippen LogP contribution in [0, 0.1) is 6.92 Å². The van der Waals surface area contributed by atoms with Gasteiger partial charge in [0.15, 0.2) is 0 Å². The van der Waals surface area contributed by atoms with E-state index in [4.69, 9.17) is 16.3 Å². The molecule has 3 heteroatoms. The summed E-state index contributed by atoms with van der Waals surface area (Å²) in [6.07, 6.45) is 0. The van der Waals surface area contributed by atoms with Gasteiger partial charge in [0.1, 0.15) is 0 Å². The van der Waals surface area contributed by atoms with Gasteiger partial charge < -0.3 is 10.1 Å². The fraction of sp³-hybridized carbons (Fsp3) is 0.250. The molecule has 0 fully saturated rings. The molecule has 2 rings (SSSR count). The summed E-state index contributed by atoms with van der Waals surface area (Å²) in [5.41, 5.74) is 3.43. The third-order valence-corrected chi connectivity index (χ3v) is 3.29. The highest BCUT2D eigenvalue weighted by atomic mass is 35.5. The molecule has 0 aromatic heterocycles. The van der Waals surface area contributed by atoms with Crippen molar-refractivity contribution in [2.75, 3.05) is 18.5 Å². The van der Waals surface area contributed by atoms with Crippen molar-refractivity contribution in [2.24, 2.45) is 0 Å². The van der Waals surface area contributed by atoms with Crippen molar-refractivity contribution < 1.29 is 4.74 Å². The van der Waals surface area contributed by atoms with Crippen molar-refractivity contribution in [1.29, 1.82) is 0 Å². The number of ether oxygens (including phenoxy) is 1. The number of para-hydroxylation sites is 1. The minimum Gasteiger partial charge on any atom is -0.383 e. The van der Waals surface area contributed by atoms with Crippen LogP contribution in [0.2, 0.25) is 5.02 Å². The van der Waals surface area contributed by atoms with Crippen LogP contribution in [0.4, 0.5) is 5.69 Å². The second kappa shape index (κ2) is 7.17. The summed E-state index contributed by atoms with van der Waals surface area (Å²) in [5.74, 6) is 0. The first kappa shape index (κ1) is 13.9. The van der Waals surface area contributed by atoms with Crippen LogP contribution in [0.15, 0.2) is 48.5 Å². The van der Waals surface area contributed by atoms with Gasteiger partial charge in [0.25, 0.3) is 0 Å². The lowest BCUT2D eigenvalue weighted by molar-refractivity contribution is 0.130. The molecule has 0 bridgehead atoms. The molecule has 1 N–H and O–H groups in total. The van der Waals surface area contributed by atoms with E-state index in [0.29, 0.717) is 13.2 Å². The lowest BCUT2D eigenvalue weighted by Crippen LogP contribution is -2.10. The molecule has 0 radical (unpaired) electrons. The summed E-state index contributed by atoms with van der Waals surface area (Å²) in [7, 11) is 0. The third-order valence-electron chi connectivity index (χ3n) is 2.92. The van der Waals surface area contributed by atoms with Crippen molar-refractivity contribution in [3.05, 3.63) is 64.7 Å². The molecule has 0 aliphatic rings. The second-order valence-electron chi connectivity index (χ2n) is 4.39. The summed E-state index contributed by atoms with van der Waals surface area (Å²) < 4.78 is 5.62. The average molecular weight is 276 g/mol. The van der Waals surface area contributed by atoms with Gasteiger partial charge in [0, 0.05) is 17.3 Å². The van der Waals surface area contributed by atoms with Gasteiger partial charge in [-0.05, 0) is 30.2 Å². The van der Waals surface area contributed by atoms with E-state index in [-0.39, 0.29) is 0 Å². The summed E-state index contributed by atoms with van der Waals surface area (Å²) in [6.45, 7) is 4.08. The smallest absolute Gasteiger partial charge is 0.0732 e. The maximum Gasteiger partial charge on any atom is 0.0732 e. The van der Waals surface area contributed by atoms with Crippen molar-refractivity contribution in [2.45, 2.75) is 13.5 Å². The largest absolute Gasteiger partial charge is 0.383 e. The Hall–Kier alpha value is -1.51. The van der Waals surface area contributed by atoms with Crippen LogP contribution in [0.1, 0.15) is 11.1 Å². The Bertz CT molecular complexity index is 480. The number of rotatable bonds is 6. The highest BCUT2D eigenvalue weighted by Crippen LogP contribution is 2.16. The van der Waals surface area contributed by atoms with Crippen LogP contribution in [-0.4, -0.2) is 13.2 Å². The van der Waals surface area contributed by atoms with E-state index in [1.807, 2.05) is 36.4 Å². The highest BCUT2D eigenvalue weighted by molar-refractivity contribution is 6.31. The van der Waals surface area contributed by atoms with Gasteiger partial charge in [-0.15, -0.1) is 0 Å². The van der Waals surface area contributed by atoms with Crippen LogP contribution in [-0.2, 0) is 11.3 Å². The van der Waals surface area contributed by atoms with E-state index >= 15 is 0 Å². The quantitative estimate of drug-likeness (QED) is 0.795. The van der Waals surface area contributed by atoms with E-state index in [1.165, 1.54) is 5.56 Å². The minimum atomic E-state index is 0.551. The molecule has 0 aliphatic heterocycles. The number of nitrogens with one attached hydrogen (secondary N) is 1. The van der Waals surface area contributed by atoms with Crippen molar-refractivity contribution in [3.8, 4) is 0 Å². The van der Waals surface area contributed by atoms with Gasteiger partial charge in [-0.2, -0.15) is 0 Å². The van der Waals surface area contributed by atoms with E-state index in [1.54, 1.807) is 0 Å². The van der Waals surface area contributed by atoms with Gasteiger partial charge in [-0.1, -0.05) is 48.0 Å². The normalized spacial score (nSPS) is 10.4. The van der Waals surface area contributed by atoms with Gasteiger partial charge >= 0.3 is 0 Å². The maximum atomic E-state index is 6.06. The van der Waals surface area contributed by atoms with Gasteiger partial charge in [-0.3, -0.25) is 0 Å². The summed E-state index contributed by atoms with van der Waals surface area (Å²) in [5, 5.41) is 4.11. The predicted octanol–water partition coefficient (Wildman–Crippen LogP) is 4.28. The predicted molar refractivity (Wildman–Crippen MR) is 80.8 cm³/mol. The summed E-state index contributed by atoms with van der Waals surface area (Å²) in [4.78, 5) is 0. The fourth-order valence-electron chi connectivity index (χ4n) is 1.83. The van der Waals surface area contributed by atoms with E-state index in [9.17, 15) is 0 Å². The molecule has 0 atom stereocenters. The number of hydrogen-bond acceptors (Lipinski definition) is 2. The Kier molecular flexibility index (Phi) is 5.25. The standard InChI is InChI=1S/C16H18ClNO/c1-13-6-2-5-9-16(13)18-10-11-19-12-14-7-3-4-8-15(14)17/h2-9,18H,10-12H2,1H3. The van der Waals surface area contributed by atoms with Gasteiger partial charge in [0.05, 0.1) is 13.2 Å². The zero-order chi connectivity index (χ0) is 13.5. The number of halogens is 1. The summed E-state index contributed by atoms with van der Waals surface area (Å²) >= 11 is 6.06. The Morgan fingerprint density at radius 2 is 1.79 bits per heavy atom. The Balaban J connectivity index is 1.71. The molecule has 0 amide bonds. The summed E-state index contributed by atoms with van der Waals surface area (Å²) in [6, 6.07) is 16.0. The first-order chi connectivity index (χ1) is 9.27. The first-order valence-electron chi connectivity index (χ1n) is 6.38. The third kappa shape index (κ3) is 4.27. The zero-order valence-electron chi connectivity index (χ0n) is 11.0. The molecule has 0 saturated heterocycles. The molecular formula is C16H18ClNO. The Labute approximate surface area is 119 Å². The molecule has 19 heavy (non-hydrogen) atoms. The Morgan fingerprint density at radius 1 is 1.05 bits per heavy atom. The van der Waals surface area contributed by atoms with Crippen LogP contribution in [0.25, 0.3) is 0 Å².